The first kappa shape index (κ1) is 20.1. The van der Waals surface area contributed by atoms with Gasteiger partial charge < -0.3 is 9.47 Å². The largest absolute Gasteiger partial charge is 0.497 e. The Bertz CT molecular complexity index is 968. The van der Waals surface area contributed by atoms with Crippen molar-refractivity contribution in [1.29, 1.82) is 0 Å². The van der Waals surface area contributed by atoms with Crippen molar-refractivity contribution < 1.29 is 19.2 Å². The number of hydrogen-bond acceptors (Lipinski definition) is 5. The highest BCUT2D eigenvalue weighted by atomic mass is 16.6. The number of ether oxygens (including phenoxy) is 2. The van der Waals surface area contributed by atoms with E-state index in [1.807, 2.05) is 61.5 Å². The predicted molar refractivity (Wildman–Crippen MR) is 109 cm³/mol. The molecule has 0 heterocycles. The summed E-state index contributed by atoms with van der Waals surface area (Å²) in [5.74, 6) is 0.0968. The fourth-order valence-corrected chi connectivity index (χ4v) is 3.09. The van der Waals surface area contributed by atoms with Crippen LogP contribution in [0.2, 0.25) is 0 Å². The lowest BCUT2D eigenvalue weighted by molar-refractivity contribution is -0.384. The Morgan fingerprint density at radius 3 is 2.07 bits per heavy atom. The molecular formula is C23H21NO5. The summed E-state index contributed by atoms with van der Waals surface area (Å²) in [6.45, 7) is 1.99. The monoisotopic (exact) mass is 391 g/mol. The fourth-order valence-electron chi connectivity index (χ4n) is 3.09. The van der Waals surface area contributed by atoms with E-state index in [1.54, 1.807) is 7.11 Å². The number of rotatable bonds is 7. The summed E-state index contributed by atoms with van der Waals surface area (Å²) in [7, 11) is 1.61. The standard InChI is InChI=1S/C23H21NO5/c1-16(17-10-14-21(28-2)15-11-17)22(18-6-4-3-5-7-18)29-23(25)19-8-12-20(13-9-19)24(26)27/h3-16,22H,1-2H3. The summed E-state index contributed by atoms with van der Waals surface area (Å²) in [5, 5.41) is 10.8. The molecule has 0 aromatic heterocycles. The predicted octanol–water partition coefficient (Wildman–Crippen LogP) is 5.31. The maximum atomic E-state index is 12.7. The van der Waals surface area contributed by atoms with E-state index in [4.69, 9.17) is 9.47 Å². The number of benzene rings is 3. The fraction of sp³-hybridized carbons (Fsp3) is 0.174. The van der Waals surface area contributed by atoms with Crippen molar-refractivity contribution in [3.05, 3.63) is 106 Å². The lowest BCUT2D eigenvalue weighted by atomic mass is 9.90. The molecule has 0 bridgehead atoms. The molecule has 2 unspecified atom stereocenters. The third-order valence-electron chi connectivity index (χ3n) is 4.77. The molecule has 0 fully saturated rings. The number of hydrogen-bond donors (Lipinski definition) is 0. The van der Waals surface area contributed by atoms with E-state index in [0.29, 0.717) is 0 Å². The van der Waals surface area contributed by atoms with Crippen LogP contribution in [-0.4, -0.2) is 18.0 Å². The van der Waals surface area contributed by atoms with E-state index < -0.39 is 17.0 Å². The van der Waals surface area contributed by atoms with Crippen LogP contribution in [0.15, 0.2) is 78.9 Å². The van der Waals surface area contributed by atoms with Crippen LogP contribution in [0.5, 0.6) is 5.75 Å². The van der Waals surface area contributed by atoms with E-state index in [2.05, 4.69) is 0 Å². The van der Waals surface area contributed by atoms with Gasteiger partial charge in [-0.2, -0.15) is 0 Å². The Morgan fingerprint density at radius 1 is 0.897 bits per heavy atom. The van der Waals surface area contributed by atoms with Crippen molar-refractivity contribution in [3.63, 3.8) is 0 Å². The number of carbonyl (C=O) groups excluding carboxylic acids is 1. The second-order valence-corrected chi connectivity index (χ2v) is 6.60. The Kier molecular flexibility index (Phi) is 6.24. The van der Waals surface area contributed by atoms with Crippen molar-refractivity contribution in [1.82, 2.24) is 0 Å². The maximum absolute atomic E-state index is 12.7. The molecule has 6 heteroatoms. The Hall–Kier alpha value is -3.67. The van der Waals surface area contributed by atoms with Crippen molar-refractivity contribution >= 4 is 11.7 Å². The Balaban J connectivity index is 1.87. The van der Waals surface area contributed by atoms with Gasteiger partial charge >= 0.3 is 5.97 Å². The number of esters is 1. The molecule has 0 aliphatic heterocycles. The average Bonchev–Trinajstić information content (AvgIpc) is 2.77. The highest BCUT2D eigenvalue weighted by Gasteiger charge is 2.26. The molecule has 0 spiro atoms. The van der Waals surface area contributed by atoms with Crippen LogP contribution in [0.3, 0.4) is 0 Å². The van der Waals surface area contributed by atoms with Crippen LogP contribution < -0.4 is 4.74 Å². The molecule has 0 aliphatic rings. The molecule has 0 radical (unpaired) electrons. The molecule has 0 amide bonds. The average molecular weight is 391 g/mol. The van der Waals surface area contributed by atoms with E-state index in [-0.39, 0.29) is 17.2 Å². The molecule has 0 aliphatic carbocycles. The van der Waals surface area contributed by atoms with Gasteiger partial charge in [-0.25, -0.2) is 4.79 Å². The first-order chi connectivity index (χ1) is 14.0. The molecular weight excluding hydrogens is 370 g/mol. The van der Waals surface area contributed by atoms with E-state index in [9.17, 15) is 14.9 Å². The van der Waals surface area contributed by atoms with Gasteiger partial charge in [-0.15, -0.1) is 0 Å². The number of nitro groups is 1. The Labute approximate surface area is 168 Å². The van der Waals surface area contributed by atoms with E-state index in [0.717, 1.165) is 16.9 Å². The second-order valence-electron chi connectivity index (χ2n) is 6.60. The summed E-state index contributed by atoms with van der Waals surface area (Å²) >= 11 is 0. The molecule has 0 N–H and O–H groups in total. The summed E-state index contributed by atoms with van der Waals surface area (Å²) in [4.78, 5) is 23.0. The zero-order chi connectivity index (χ0) is 20.8. The summed E-state index contributed by atoms with van der Waals surface area (Å²) in [5.41, 5.74) is 2.05. The molecule has 3 rings (SSSR count). The van der Waals surface area contributed by atoms with Crippen LogP contribution in [0.25, 0.3) is 0 Å². The molecule has 2 atom stereocenters. The third kappa shape index (κ3) is 4.79. The minimum Gasteiger partial charge on any atom is -0.497 e. The van der Waals surface area contributed by atoms with Crippen LogP contribution in [0, 0.1) is 10.1 Å². The van der Waals surface area contributed by atoms with Crippen LogP contribution >= 0.6 is 0 Å². The molecule has 29 heavy (non-hydrogen) atoms. The molecule has 0 saturated heterocycles. The van der Waals surface area contributed by atoms with Gasteiger partial charge in [0.05, 0.1) is 17.6 Å². The van der Waals surface area contributed by atoms with Crippen LogP contribution in [0.4, 0.5) is 5.69 Å². The molecule has 3 aromatic carbocycles. The normalized spacial score (nSPS) is 12.6. The minimum absolute atomic E-state index is 0.0761. The van der Waals surface area contributed by atoms with Gasteiger partial charge in [-0.3, -0.25) is 10.1 Å². The lowest BCUT2D eigenvalue weighted by Gasteiger charge is -2.25. The van der Waals surface area contributed by atoms with Crippen LogP contribution in [-0.2, 0) is 4.74 Å². The minimum atomic E-state index is -0.533. The molecule has 6 nitrogen and oxygen atoms in total. The van der Waals surface area contributed by atoms with Gasteiger partial charge in [0.2, 0.25) is 0 Å². The highest BCUT2D eigenvalue weighted by Crippen LogP contribution is 2.35. The molecule has 0 saturated carbocycles. The third-order valence-corrected chi connectivity index (χ3v) is 4.77. The van der Waals surface area contributed by atoms with Crippen molar-refractivity contribution in [2.24, 2.45) is 0 Å². The van der Waals surface area contributed by atoms with Gasteiger partial charge in [0, 0.05) is 18.1 Å². The SMILES string of the molecule is COc1ccc(C(C)C(OC(=O)c2ccc([N+](=O)[O-])cc2)c2ccccc2)cc1. The van der Waals surface area contributed by atoms with Gasteiger partial charge in [0.25, 0.3) is 5.69 Å². The molecule has 148 valence electrons. The highest BCUT2D eigenvalue weighted by molar-refractivity contribution is 5.89. The maximum Gasteiger partial charge on any atom is 0.338 e. The van der Waals surface area contributed by atoms with Crippen molar-refractivity contribution in [2.75, 3.05) is 7.11 Å². The number of carbonyl (C=O) groups is 1. The zero-order valence-corrected chi connectivity index (χ0v) is 16.1. The molecule has 3 aromatic rings. The number of methoxy groups -OCH3 is 1. The van der Waals surface area contributed by atoms with Crippen molar-refractivity contribution in [3.8, 4) is 5.75 Å². The van der Waals surface area contributed by atoms with Gasteiger partial charge in [-0.05, 0) is 35.4 Å². The summed E-state index contributed by atoms with van der Waals surface area (Å²) in [6.07, 6.45) is -0.521. The first-order valence-electron chi connectivity index (χ1n) is 9.14. The van der Waals surface area contributed by atoms with Crippen LogP contribution in [0.1, 0.15) is 40.4 Å². The number of nitro benzene ring substituents is 1. The quantitative estimate of drug-likeness (QED) is 0.310. The zero-order valence-electron chi connectivity index (χ0n) is 16.1. The number of nitrogens with zero attached hydrogens (tertiary/aromatic N) is 1. The van der Waals surface area contributed by atoms with E-state index in [1.165, 1.54) is 24.3 Å². The second kappa shape index (κ2) is 9.01. The topological polar surface area (TPSA) is 78.7 Å². The van der Waals surface area contributed by atoms with Gasteiger partial charge in [0.1, 0.15) is 11.9 Å². The van der Waals surface area contributed by atoms with Gasteiger partial charge in [-0.1, -0.05) is 49.4 Å². The smallest absolute Gasteiger partial charge is 0.338 e. The summed E-state index contributed by atoms with van der Waals surface area (Å²) < 4.78 is 11.1. The number of non-ortho nitro benzene ring substituents is 1. The summed E-state index contributed by atoms with van der Waals surface area (Å²) in [6, 6.07) is 22.5. The first-order valence-corrected chi connectivity index (χ1v) is 9.14. The van der Waals surface area contributed by atoms with Gasteiger partial charge in [0.15, 0.2) is 0 Å². The van der Waals surface area contributed by atoms with Crippen molar-refractivity contribution in [2.45, 2.75) is 18.9 Å². The lowest BCUT2D eigenvalue weighted by Crippen LogP contribution is -2.17. The van der Waals surface area contributed by atoms with E-state index >= 15 is 0 Å². The Morgan fingerprint density at radius 2 is 1.52 bits per heavy atom.